The number of alkyl halides is 3. The molecule has 0 aliphatic rings. The predicted octanol–water partition coefficient (Wildman–Crippen LogP) is 2.54. The normalized spacial score (nSPS) is 12.8. The van der Waals surface area contributed by atoms with E-state index in [1.807, 2.05) is 19.1 Å². The van der Waals surface area contributed by atoms with Crippen molar-refractivity contribution in [2.24, 2.45) is 0 Å². The number of anilines is 1. The molecule has 0 spiro atoms. The lowest BCUT2D eigenvalue weighted by atomic mass is 10.2. The molecule has 2 aromatic rings. The third kappa shape index (κ3) is 3.96. The fourth-order valence-corrected chi connectivity index (χ4v) is 1.53. The lowest BCUT2D eigenvalue weighted by Gasteiger charge is -2.13. The fourth-order valence-electron chi connectivity index (χ4n) is 1.53. The van der Waals surface area contributed by atoms with Crippen LogP contribution >= 0.6 is 0 Å². The molecular weight excluding hydrogens is 301 g/mol. The number of aromatic amines is 1. The number of hydrogen-bond donors (Lipinski definition) is 2. The largest absolute Gasteiger partial charge is 0.481 e. The molecule has 0 radical (unpaired) electrons. The van der Waals surface area contributed by atoms with Crippen LogP contribution in [0.25, 0.3) is 0 Å². The van der Waals surface area contributed by atoms with Crippen molar-refractivity contribution in [3.05, 3.63) is 35.7 Å². The highest BCUT2D eigenvalue weighted by molar-refractivity contribution is 5.92. The first kappa shape index (κ1) is 15.8. The second-order valence-electron chi connectivity index (χ2n) is 4.57. The van der Waals surface area contributed by atoms with Crippen LogP contribution in [0.3, 0.4) is 0 Å². The summed E-state index contributed by atoms with van der Waals surface area (Å²) in [4.78, 5) is 15.0. The van der Waals surface area contributed by atoms with E-state index >= 15 is 0 Å². The van der Waals surface area contributed by atoms with Gasteiger partial charge in [0.1, 0.15) is 5.75 Å². The molecule has 1 amide bonds. The van der Waals surface area contributed by atoms with Crippen molar-refractivity contribution < 1.29 is 22.7 Å². The molecule has 0 bridgehead atoms. The summed E-state index contributed by atoms with van der Waals surface area (Å²) in [6.45, 7) is 3.37. The van der Waals surface area contributed by atoms with Crippen molar-refractivity contribution in [2.45, 2.75) is 26.1 Å². The van der Waals surface area contributed by atoms with Gasteiger partial charge in [-0.25, -0.2) is 0 Å². The molecule has 1 aromatic carbocycles. The van der Waals surface area contributed by atoms with Gasteiger partial charge < -0.3 is 4.74 Å². The molecule has 1 atom stereocenters. The molecule has 2 rings (SSSR count). The summed E-state index contributed by atoms with van der Waals surface area (Å²) >= 11 is 0. The lowest BCUT2D eigenvalue weighted by Crippen LogP contribution is -2.30. The average molecular weight is 314 g/mol. The van der Waals surface area contributed by atoms with E-state index in [-0.39, 0.29) is 0 Å². The van der Waals surface area contributed by atoms with Gasteiger partial charge in [0.05, 0.1) is 0 Å². The maximum Gasteiger partial charge on any atom is 0.451 e. The second kappa shape index (κ2) is 6.04. The zero-order valence-corrected chi connectivity index (χ0v) is 11.7. The Hall–Kier alpha value is -2.58. The quantitative estimate of drug-likeness (QED) is 0.909. The molecule has 0 saturated carbocycles. The number of H-pyrrole nitrogens is 1. The molecule has 0 fully saturated rings. The number of ether oxygens (including phenoxy) is 1. The Morgan fingerprint density at radius 1 is 1.32 bits per heavy atom. The molecule has 22 heavy (non-hydrogen) atoms. The van der Waals surface area contributed by atoms with Crippen LogP contribution in [0.15, 0.2) is 24.3 Å². The SMILES string of the molecule is Cc1ccc(OC(C)C(=O)Nc2n[nH]c(C(F)(F)F)n2)cc1. The Morgan fingerprint density at radius 3 is 2.50 bits per heavy atom. The summed E-state index contributed by atoms with van der Waals surface area (Å²) in [7, 11) is 0. The molecule has 6 nitrogen and oxygen atoms in total. The number of halogens is 3. The summed E-state index contributed by atoms with van der Waals surface area (Å²) in [5.41, 5.74) is 1.03. The number of carbonyl (C=O) groups excluding carboxylic acids is 1. The smallest absolute Gasteiger partial charge is 0.451 e. The summed E-state index contributed by atoms with van der Waals surface area (Å²) in [6.07, 6.45) is -5.57. The van der Waals surface area contributed by atoms with E-state index in [4.69, 9.17) is 4.74 Å². The predicted molar refractivity (Wildman–Crippen MR) is 71.3 cm³/mol. The summed E-state index contributed by atoms with van der Waals surface area (Å²) < 4.78 is 42.4. The number of amides is 1. The van der Waals surface area contributed by atoms with Crippen molar-refractivity contribution in [1.82, 2.24) is 15.2 Å². The molecule has 1 aromatic heterocycles. The van der Waals surface area contributed by atoms with Crippen LogP contribution in [0, 0.1) is 6.92 Å². The van der Waals surface area contributed by atoms with Crippen LogP contribution in [-0.4, -0.2) is 27.2 Å². The van der Waals surface area contributed by atoms with Gasteiger partial charge in [0.15, 0.2) is 6.10 Å². The molecule has 0 aliphatic heterocycles. The first-order chi connectivity index (χ1) is 10.3. The molecule has 2 N–H and O–H groups in total. The van der Waals surface area contributed by atoms with Crippen molar-refractivity contribution in [3.63, 3.8) is 0 Å². The summed E-state index contributed by atoms with van der Waals surface area (Å²) in [6, 6.07) is 7.00. The Kier molecular flexibility index (Phi) is 4.34. The van der Waals surface area contributed by atoms with E-state index in [0.717, 1.165) is 5.56 Å². The van der Waals surface area contributed by atoms with Gasteiger partial charge in [-0.3, -0.25) is 15.2 Å². The molecule has 0 aliphatic carbocycles. The van der Waals surface area contributed by atoms with E-state index < -0.39 is 30.0 Å². The third-order valence-corrected chi connectivity index (χ3v) is 2.69. The fraction of sp³-hybridized carbons (Fsp3) is 0.308. The minimum absolute atomic E-state index is 0.461. The van der Waals surface area contributed by atoms with Crippen molar-refractivity contribution in [3.8, 4) is 5.75 Å². The van der Waals surface area contributed by atoms with Gasteiger partial charge in [0.25, 0.3) is 5.91 Å². The number of nitrogens with one attached hydrogen (secondary N) is 2. The molecule has 0 saturated heterocycles. The molecular formula is C13H13F3N4O2. The zero-order valence-electron chi connectivity index (χ0n) is 11.7. The maximum atomic E-state index is 12.3. The molecule has 9 heteroatoms. The van der Waals surface area contributed by atoms with Crippen molar-refractivity contribution in [1.29, 1.82) is 0 Å². The highest BCUT2D eigenvalue weighted by atomic mass is 19.4. The first-order valence-electron chi connectivity index (χ1n) is 6.29. The standard InChI is InChI=1S/C13H13F3N4O2/c1-7-3-5-9(6-4-7)22-8(2)10(21)17-12-18-11(19-20-12)13(14,15)16/h3-6,8H,1-2H3,(H2,17,18,19,20,21). The number of hydrogen-bond acceptors (Lipinski definition) is 4. The van der Waals surface area contributed by atoms with E-state index in [0.29, 0.717) is 5.75 Å². The number of aromatic nitrogens is 3. The summed E-state index contributed by atoms with van der Waals surface area (Å²) in [5.74, 6) is -1.93. The average Bonchev–Trinajstić information content (AvgIpc) is 2.90. The summed E-state index contributed by atoms with van der Waals surface area (Å²) in [5, 5.41) is 7.13. The number of carbonyl (C=O) groups is 1. The second-order valence-corrected chi connectivity index (χ2v) is 4.57. The Bertz CT molecular complexity index is 652. The van der Waals surface area contributed by atoms with Gasteiger partial charge in [-0.1, -0.05) is 17.7 Å². The Morgan fingerprint density at radius 2 is 1.95 bits per heavy atom. The molecule has 1 unspecified atom stereocenters. The van der Waals surface area contributed by atoms with E-state index in [9.17, 15) is 18.0 Å². The van der Waals surface area contributed by atoms with Crippen LogP contribution in [0.1, 0.15) is 18.3 Å². The monoisotopic (exact) mass is 314 g/mol. The topological polar surface area (TPSA) is 79.9 Å². The van der Waals surface area contributed by atoms with Gasteiger partial charge in [-0.05, 0) is 26.0 Å². The van der Waals surface area contributed by atoms with E-state index in [1.165, 1.54) is 6.92 Å². The highest BCUT2D eigenvalue weighted by Crippen LogP contribution is 2.26. The first-order valence-corrected chi connectivity index (χ1v) is 6.29. The third-order valence-electron chi connectivity index (χ3n) is 2.69. The van der Waals surface area contributed by atoms with Gasteiger partial charge in [-0.2, -0.15) is 18.2 Å². The lowest BCUT2D eigenvalue weighted by molar-refractivity contribution is -0.144. The molecule has 1 heterocycles. The van der Waals surface area contributed by atoms with Crippen molar-refractivity contribution in [2.75, 3.05) is 5.32 Å². The van der Waals surface area contributed by atoms with Crippen molar-refractivity contribution >= 4 is 11.9 Å². The highest BCUT2D eigenvalue weighted by Gasteiger charge is 2.35. The number of nitrogens with zero attached hydrogens (tertiary/aromatic N) is 2. The minimum atomic E-state index is -4.65. The van der Waals surface area contributed by atoms with Gasteiger partial charge >= 0.3 is 6.18 Å². The Balaban J connectivity index is 1.96. The van der Waals surface area contributed by atoms with Gasteiger partial charge in [0.2, 0.25) is 11.8 Å². The van der Waals surface area contributed by atoms with E-state index in [2.05, 4.69) is 15.4 Å². The molecule has 118 valence electrons. The van der Waals surface area contributed by atoms with Crippen LogP contribution in [0.2, 0.25) is 0 Å². The van der Waals surface area contributed by atoms with Gasteiger partial charge in [-0.15, -0.1) is 5.10 Å². The van der Waals surface area contributed by atoms with E-state index in [1.54, 1.807) is 17.2 Å². The number of benzene rings is 1. The van der Waals surface area contributed by atoms with Crippen LogP contribution < -0.4 is 10.1 Å². The minimum Gasteiger partial charge on any atom is -0.481 e. The Labute approximate surface area is 123 Å². The maximum absolute atomic E-state index is 12.3. The van der Waals surface area contributed by atoms with Crippen LogP contribution in [0.4, 0.5) is 19.1 Å². The van der Waals surface area contributed by atoms with Crippen LogP contribution in [0.5, 0.6) is 5.75 Å². The van der Waals surface area contributed by atoms with Crippen LogP contribution in [-0.2, 0) is 11.0 Å². The zero-order chi connectivity index (χ0) is 16.3. The number of rotatable bonds is 4. The van der Waals surface area contributed by atoms with Gasteiger partial charge in [0, 0.05) is 0 Å². The number of aryl methyl sites for hydroxylation is 1.